The monoisotopic (exact) mass is 1590 g/mol. The van der Waals surface area contributed by atoms with Crippen LogP contribution in [0.4, 0.5) is 0 Å². The molecule has 0 spiro atoms. The maximum Gasteiger partial charge on any atom is 0.328 e. The van der Waals surface area contributed by atoms with Gasteiger partial charge in [0.05, 0.1) is 64.8 Å². The average Bonchev–Trinajstić information content (AvgIpc) is 1.36. The van der Waals surface area contributed by atoms with E-state index in [1.807, 2.05) is 34.0 Å². The smallest absolute Gasteiger partial charge is 0.328 e. The number of benzene rings is 2. The standard InChI is InChI=1S/C86H120N8O12S4/c1-53(9-23-77(95)101-37-7-39-103-79(97)47-61-29-41-107-109-61)67-19-21-69-65-17-13-57-45-59(25-31-83(57,3)71(65)27-33-85(67,69)5)105-81(99)51-92-49-73(88-90-92)55-11-15-63-64-16-12-56(44-76(64)94(36-35-87)75(63)43-55)74-50-93(91-89-74)52-82(100)106-60-26-32-84(4)58(46-60)14-18-66-70-22-20-68(86(70,6)34-28-72(66)84)54(2)10-24-78(96)102-38-8-40-104-80(98)48-62-30-42-108-110-62/h11-12,15-16,43-44,49-50,53-54,57-62,65-72H,7-10,13-14,17-42,45-48,51-52,87H2,1-6H3/p+1/t53-,54-,57-,58+,59-,60-,61?,62?,65+,66+,67?,68?,69+,70+,71?,72?,83?,84?,85?,86?/m1/s1. The van der Waals surface area contributed by atoms with E-state index in [4.69, 9.17) is 28.4 Å². The molecular weight excluding hydrogens is 1470 g/mol. The third kappa shape index (κ3) is 17.0. The lowest BCUT2D eigenvalue weighted by molar-refractivity contribution is -0.369. The Morgan fingerprint density at radius 1 is 0.500 bits per heavy atom. The Labute approximate surface area is 666 Å². The first-order chi connectivity index (χ1) is 53.2. The molecule has 10 fully saturated rings. The number of aromatic nitrogens is 7. The van der Waals surface area contributed by atoms with Gasteiger partial charge < -0.3 is 38.7 Å². The van der Waals surface area contributed by atoms with Gasteiger partial charge in [-0.2, -0.15) is 0 Å². The van der Waals surface area contributed by atoms with Crippen LogP contribution < -0.4 is 5.73 Å². The van der Waals surface area contributed by atoms with Crippen LogP contribution in [0.3, 0.4) is 0 Å². The fourth-order valence-corrected chi connectivity index (χ4v) is 30.5. The van der Waals surface area contributed by atoms with E-state index in [9.17, 15) is 28.8 Å². The lowest BCUT2D eigenvalue weighted by atomic mass is 9.44. The SMILES string of the molecule is C[C@H](CCC(=O)OCCCOC(=O)CC1CCSS1)C1CC[C@H]2[C@@H]3CC[C@@H]4C[C@H](OC(=O)Cn5cc(-c6ccc7c8ccc(-c9cn(CC(=O)O[C@@H]%10CCC%11(C)C%12CCC%13(C)C([C@H](C)CCC(=O)OCCCOC(=O)CC%14CCSS%14)CC[C@H]%13[C@@H]%12CC[C@H]%11C%10)nn9)cc8n(CC[NH3+])c7c6)nn5)CCC4(C)C3CCC12C. The molecule has 5 aromatic rings. The Balaban J connectivity index is 0.490. The van der Waals surface area contributed by atoms with Gasteiger partial charge in [-0.1, -0.05) is 119 Å². The molecule has 5 heterocycles. The summed E-state index contributed by atoms with van der Waals surface area (Å²) < 4.78 is 40.2. The van der Waals surface area contributed by atoms with Crippen LogP contribution in [0, 0.1) is 92.7 Å². The van der Waals surface area contributed by atoms with Crippen LogP contribution in [0.15, 0.2) is 48.8 Å². The normalized spacial score (nSPS) is 33.5. The molecule has 0 bridgehead atoms. The van der Waals surface area contributed by atoms with E-state index in [-0.39, 0.29) is 96.0 Å². The zero-order chi connectivity index (χ0) is 76.5. The summed E-state index contributed by atoms with van der Waals surface area (Å²) in [6, 6.07) is 12.7. The summed E-state index contributed by atoms with van der Waals surface area (Å²) in [7, 11) is 7.19. The van der Waals surface area contributed by atoms with Crippen LogP contribution in [-0.2, 0) is 76.8 Å². The number of carbonyl (C=O) groups excluding carboxylic acids is 6. The summed E-state index contributed by atoms with van der Waals surface area (Å²) in [5.41, 5.74) is 10.5. The number of rotatable bonds is 30. The predicted molar refractivity (Wildman–Crippen MR) is 431 cm³/mol. The second-order valence-corrected chi connectivity index (χ2v) is 41.9. The molecule has 24 heteroatoms. The molecule has 2 aromatic carbocycles. The fourth-order valence-electron chi connectivity index (χ4n) is 24.7. The number of nitrogens with zero attached hydrogens (tertiary/aromatic N) is 7. The van der Waals surface area contributed by atoms with Crippen LogP contribution in [0.1, 0.15) is 221 Å². The Morgan fingerprint density at radius 2 is 0.918 bits per heavy atom. The molecular formula is C86H121N8O12S4+. The summed E-state index contributed by atoms with van der Waals surface area (Å²) in [6.07, 6.45) is 30.7. The van der Waals surface area contributed by atoms with Gasteiger partial charge in [0.2, 0.25) is 0 Å². The van der Waals surface area contributed by atoms with E-state index in [2.05, 4.69) is 109 Å². The third-order valence-corrected chi connectivity index (χ3v) is 36.2. The molecule has 15 rings (SSSR count). The Kier molecular flexibility index (Phi) is 25.2. The summed E-state index contributed by atoms with van der Waals surface area (Å²) in [6.45, 7) is 17.5. The second-order valence-electron chi connectivity index (χ2n) is 36.3. The molecule has 20 atom stereocenters. The van der Waals surface area contributed by atoms with Gasteiger partial charge in [-0.3, -0.25) is 28.8 Å². The number of hydrogen-bond acceptors (Lipinski definition) is 20. The highest BCUT2D eigenvalue weighted by molar-refractivity contribution is 8.77. The van der Waals surface area contributed by atoms with E-state index in [0.29, 0.717) is 146 Å². The van der Waals surface area contributed by atoms with E-state index in [1.54, 1.807) is 31.0 Å². The molecule has 10 unspecified atom stereocenters. The van der Waals surface area contributed by atoms with E-state index in [1.165, 1.54) is 77.0 Å². The Morgan fingerprint density at radius 3 is 1.34 bits per heavy atom. The van der Waals surface area contributed by atoms with Crippen molar-refractivity contribution in [1.82, 2.24) is 34.6 Å². The van der Waals surface area contributed by atoms with Crippen molar-refractivity contribution in [2.24, 2.45) is 92.7 Å². The van der Waals surface area contributed by atoms with Gasteiger partial charge in [0.15, 0.2) is 0 Å². The van der Waals surface area contributed by atoms with Gasteiger partial charge in [-0.05, 0) is 246 Å². The van der Waals surface area contributed by atoms with Crippen molar-refractivity contribution in [3.05, 3.63) is 48.8 Å². The molecule has 8 aliphatic carbocycles. The number of ether oxygens (including phenoxy) is 6. The first kappa shape index (κ1) is 79.9. The zero-order valence-electron chi connectivity index (χ0n) is 66.1. The maximum absolute atomic E-state index is 13.8. The second kappa shape index (κ2) is 34.6. The molecule has 10 aliphatic rings. The topological polar surface area (TPSA) is 252 Å². The first-order valence-electron chi connectivity index (χ1n) is 42.4. The zero-order valence-corrected chi connectivity index (χ0v) is 69.4. The molecule has 0 amide bonds. The maximum atomic E-state index is 13.8. The predicted octanol–water partition coefficient (Wildman–Crippen LogP) is 16.6. The van der Waals surface area contributed by atoms with E-state index >= 15 is 0 Å². The largest absolute Gasteiger partial charge is 0.466 e. The number of fused-ring (bicyclic) bond motifs is 13. The third-order valence-electron chi connectivity index (χ3n) is 30.3. The van der Waals surface area contributed by atoms with Crippen LogP contribution in [0.2, 0.25) is 0 Å². The highest BCUT2D eigenvalue weighted by atomic mass is 33.1. The average molecular weight is 1590 g/mol. The number of esters is 6. The molecule has 20 nitrogen and oxygen atoms in total. The van der Waals surface area contributed by atoms with Crippen LogP contribution in [-0.4, -0.2) is 138 Å². The summed E-state index contributed by atoms with van der Waals surface area (Å²) in [4.78, 5) is 77.7. The van der Waals surface area contributed by atoms with Crippen molar-refractivity contribution in [2.75, 3.05) is 44.5 Å². The lowest BCUT2D eigenvalue weighted by Gasteiger charge is -2.61. The van der Waals surface area contributed by atoms with E-state index < -0.39 is 0 Å². The summed E-state index contributed by atoms with van der Waals surface area (Å²) >= 11 is 0. The molecule has 600 valence electrons. The Hall–Kier alpha value is -5.30. The number of hydrogen-bond donors (Lipinski definition) is 1. The summed E-state index contributed by atoms with van der Waals surface area (Å²) in [5, 5.41) is 21.0. The first-order valence-corrected chi connectivity index (χ1v) is 47.2. The lowest BCUT2D eigenvalue weighted by Crippen LogP contribution is -2.54. The fraction of sp³-hybridized carbons (Fsp3) is 0.744. The molecule has 110 heavy (non-hydrogen) atoms. The molecule has 3 N–H and O–H groups in total. The molecule has 8 saturated carbocycles. The summed E-state index contributed by atoms with van der Waals surface area (Å²) in [5.74, 6) is 8.40. The highest BCUT2D eigenvalue weighted by Crippen LogP contribution is 2.71. The van der Waals surface area contributed by atoms with Crippen LogP contribution >= 0.6 is 43.2 Å². The number of carbonyl (C=O) groups is 6. The molecule has 0 radical (unpaired) electrons. The number of quaternary nitrogens is 1. The van der Waals surface area contributed by atoms with Crippen molar-refractivity contribution < 1.29 is 62.9 Å². The molecule has 2 saturated heterocycles. The van der Waals surface area contributed by atoms with Crippen molar-refractivity contribution in [2.45, 2.75) is 264 Å². The van der Waals surface area contributed by atoms with Gasteiger partial charge in [-0.25, -0.2) is 9.36 Å². The quantitative estimate of drug-likeness (QED) is 0.0194. The van der Waals surface area contributed by atoms with Gasteiger partial charge in [0.1, 0.15) is 36.7 Å². The van der Waals surface area contributed by atoms with Gasteiger partial charge in [0, 0.05) is 80.6 Å². The van der Waals surface area contributed by atoms with Crippen LogP contribution in [0.5, 0.6) is 0 Å². The minimum Gasteiger partial charge on any atom is -0.466 e. The van der Waals surface area contributed by atoms with Gasteiger partial charge in [0.25, 0.3) is 0 Å². The van der Waals surface area contributed by atoms with Gasteiger partial charge in [-0.15, -0.1) is 10.2 Å². The van der Waals surface area contributed by atoms with Crippen molar-refractivity contribution in [3.8, 4) is 22.5 Å². The van der Waals surface area contributed by atoms with Gasteiger partial charge >= 0.3 is 35.8 Å². The molecule has 2 aliphatic heterocycles. The minimum absolute atomic E-state index is 0.00561. The Bertz CT molecular complexity index is 3850. The van der Waals surface area contributed by atoms with E-state index in [0.717, 1.165) is 120 Å². The van der Waals surface area contributed by atoms with Crippen molar-refractivity contribution in [3.63, 3.8) is 0 Å². The minimum atomic E-state index is -0.276. The molecule has 3 aromatic heterocycles. The highest BCUT2D eigenvalue weighted by Gasteiger charge is 2.63. The van der Waals surface area contributed by atoms with Crippen LogP contribution in [0.25, 0.3) is 44.3 Å². The van der Waals surface area contributed by atoms with Crippen molar-refractivity contribution >= 4 is 101 Å². The van der Waals surface area contributed by atoms with Crippen molar-refractivity contribution in [1.29, 1.82) is 0 Å².